The highest BCUT2D eigenvalue weighted by molar-refractivity contribution is 6.76. The van der Waals surface area contributed by atoms with Crippen LogP contribution < -0.4 is 15.0 Å². The lowest BCUT2D eigenvalue weighted by atomic mass is 9.97. The van der Waals surface area contributed by atoms with Gasteiger partial charge in [0.2, 0.25) is 5.88 Å². The molecule has 2 amide bonds. The maximum Gasteiger partial charge on any atom is 0.410 e. The number of ether oxygens (including phenoxy) is 2. The molecule has 0 aliphatic carbocycles. The van der Waals surface area contributed by atoms with Gasteiger partial charge >= 0.3 is 6.09 Å². The molecule has 0 saturated carbocycles. The zero-order chi connectivity index (χ0) is 36.4. The van der Waals surface area contributed by atoms with Gasteiger partial charge in [-0.1, -0.05) is 25.7 Å². The van der Waals surface area contributed by atoms with Crippen LogP contribution in [0, 0.1) is 11.6 Å². The maximum absolute atomic E-state index is 16.8. The van der Waals surface area contributed by atoms with E-state index in [-0.39, 0.29) is 41.5 Å². The van der Waals surface area contributed by atoms with Gasteiger partial charge in [-0.15, -0.1) is 0 Å². The molecule has 0 spiro atoms. The van der Waals surface area contributed by atoms with Crippen molar-refractivity contribution in [2.24, 2.45) is 0 Å². The Kier molecular flexibility index (Phi) is 11.7. The summed E-state index contributed by atoms with van der Waals surface area (Å²) in [6.45, 7) is 16.8. The minimum Gasteiger partial charge on any atom is -0.478 e. The normalized spacial score (nSPS) is 19.2. The van der Waals surface area contributed by atoms with Crippen LogP contribution in [-0.2, 0) is 4.74 Å². The Morgan fingerprint density at radius 1 is 1.10 bits per heavy atom. The summed E-state index contributed by atoms with van der Waals surface area (Å²) in [7, 11) is 0.501. The number of hydrogen-bond acceptors (Lipinski definition) is 7. The molecule has 1 aromatic heterocycles. The number of piperazine rings is 1. The number of amides is 2. The van der Waals surface area contributed by atoms with Crippen molar-refractivity contribution in [3.05, 3.63) is 52.7 Å². The lowest BCUT2D eigenvalue weighted by Gasteiger charge is -2.44. The van der Waals surface area contributed by atoms with Crippen LogP contribution in [0.1, 0.15) is 68.9 Å². The van der Waals surface area contributed by atoms with E-state index in [0.717, 1.165) is 24.4 Å². The number of rotatable bonds is 9. The van der Waals surface area contributed by atoms with Crippen molar-refractivity contribution in [3.63, 3.8) is 0 Å². The first-order valence-corrected chi connectivity index (χ1v) is 20.3. The number of hydrogen-bond donors (Lipinski definition) is 1. The van der Waals surface area contributed by atoms with Crippen molar-refractivity contribution in [1.29, 1.82) is 0 Å². The Labute approximate surface area is 287 Å². The maximum atomic E-state index is 16.8. The van der Waals surface area contributed by atoms with Crippen LogP contribution in [0.5, 0.6) is 5.88 Å². The van der Waals surface area contributed by atoms with Crippen molar-refractivity contribution in [2.45, 2.75) is 90.8 Å². The van der Waals surface area contributed by atoms with Gasteiger partial charge in [-0.05, 0) is 59.7 Å². The third-order valence-electron chi connectivity index (χ3n) is 8.75. The van der Waals surface area contributed by atoms with Gasteiger partial charge in [-0.3, -0.25) is 9.69 Å². The summed E-state index contributed by atoms with van der Waals surface area (Å²) in [5.74, 6) is -3.02. The molecule has 9 nitrogen and oxygen atoms in total. The molecule has 1 N–H and O–H groups in total. The van der Waals surface area contributed by atoms with Gasteiger partial charge in [0.15, 0.2) is 5.82 Å². The zero-order valence-electron chi connectivity index (χ0n) is 29.9. The second-order valence-electron chi connectivity index (χ2n) is 15.2. The highest BCUT2D eigenvalue weighted by Crippen LogP contribution is 2.39. The number of carbonyl (C=O) groups excluding carboxylic acids is 2. The fraction of sp³-hybridized carbons (Fsp3) is 0.571. The number of pyridine rings is 1. The van der Waals surface area contributed by atoms with Crippen molar-refractivity contribution in [1.82, 2.24) is 14.8 Å². The highest BCUT2D eigenvalue weighted by atomic mass is 28.3. The van der Waals surface area contributed by atoms with Gasteiger partial charge in [0.25, 0.3) is 12.3 Å². The summed E-state index contributed by atoms with van der Waals surface area (Å²) in [4.78, 5) is 35.9. The van der Waals surface area contributed by atoms with Crippen LogP contribution in [0.25, 0.3) is 5.57 Å². The van der Waals surface area contributed by atoms with Crippen molar-refractivity contribution < 1.29 is 36.6 Å². The van der Waals surface area contributed by atoms with Crippen LogP contribution in [0.15, 0.2) is 24.4 Å². The van der Waals surface area contributed by atoms with Crippen LogP contribution in [-0.4, -0.2) is 92.4 Å². The predicted molar refractivity (Wildman–Crippen MR) is 186 cm³/mol. The number of anilines is 2. The molecule has 4 rings (SSSR count). The summed E-state index contributed by atoms with van der Waals surface area (Å²) in [5, 5.41) is 2.51. The molecule has 0 unspecified atom stereocenters. The third kappa shape index (κ3) is 9.53. The van der Waals surface area contributed by atoms with Crippen molar-refractivity contribution in [3.8, 4) is 5.88 Å². The second-order valence-corrected chi connectivity index (χ2v) is 20.8. The Bertz CT molecular complexity index is 1560. The molecular weight excluding hydrogens is 658 g/mol. The van der Waals surface area contributed by atoms with E-state index in [4.69, 9.17) is 9.47 Å². The lowest BCUT2D eigenvalue weighted by molar-refractivity contribution is 0.0272. The van der Waals surface area contributed by atoms with E-state index in [1.807, 2.05) is 20.9 Å². The van der Waals surface area contributed by atoms with Gasteiger partial charge < -0.3 is 24.6 Å². The van der Waals surface area contributed by atoms with Gasteiger partial charge in [0.05, 0.1) is 23.4 Å². The first-order valence-electron chi connectivity index (χ1n) is 16.6. The Hall–Kier alpha value is -3.65. The molecule has 1 saturated heterocycles. The minimum absolute atomic E-state index is 0.00432. The average molecular weight is 708 g/mol. The minimum atomic E-state index is -3.05. The van der Waals surface area contributed by atoms with E-state index in [1.54, 1.807) is 31.7 Å². The quantitative estimate of drug-likeness (QED) is 0.210. The van der Waals surface area contributed by atoms with Crippen molar-refractivity contribution in [2.75, 3.05) is 50.1 Å². The molecule has 3 heterocycles. The lowest BCUT2D eigenvalue weighted by Crippen LogP contribution is -2.55. The molecule has 2 aliphatic rings. The third-order valence-corrected chi connectivity index (χ3v) is 10.5. The second kappa shape index (κ2) is 15.1. The first kappa shape index (κ1) is 38.2. The molecule has 2 aliphatic heterocycles. The highest BCUT2D eigenvalue weighted by Gasteiger charge is 2.34. The van der Waals surface area contributed by atoms with Crippen LogP contribution in [0.3, 0.4) is 0 Å². The zero-order valence-corrected chi connectivity index (χ0v) is 30.9. The van der Waals surface area contributed by atoms with Gasteiger partial charge in [0.1, 0.15) is 17.1 Å². The number of benzene rings is 1. The molecule has 49 heavy (non-hydrogen) atoms. The fourth-order valence-electron chi connectivity index (χ4n) is 5.82. The standard InChI is InChI=1S/C35H49F4N5O4Si/c1-21-18-44(19-22(2)42(21)6)27-16-26(36)29(23-11-10-12-43(20-23)34(46)48-35(3,4)5)30(37)31(27)41-33(45)25-17-40-28(15-24(25)32(38)39)47-13-14-49(7,8)9/h11,15-17,21-22,32H,10,12-14,18-20H2,1-9H3,(H,41,45)/t21-,22+. The Morgan fingerprint density at radius 2 is 1.76 bits per heavy atom. The van der Waals surface area contributed by atoms with E-state index < -0.39 is 60.4 Å². The molecule has 1 aromatic carbocycles. The summed E-state index contributed by atoms with van der Waals surface area (Å²) in [5.41, 5.74) is -2.34. The number of aromatic nitrogens is 1. The molecule has 2 aromatic rings. The van der Waals surface area contributed by atoms with Crippen LogP contribution >= 0.6 is 0 Å². The van der Waals surface area contributed by atoms with Gasteiger partial charge in [-0.2, -0.15) is 0 Å². The number of alkyl halides is 2. The number of halogens is 4. The molecule has 1 fully saturated rings. The van der Waals surface area contributed by atoms with Crippen molar-refractivity contribution >= 4 is 37.0 Å². The molecule has 0 bridgehead atoms. The number of carbonyl (C=O) groups is 2. The summed E-state index contributed by atoms with van der Waals surface area (Å²) < 4.78 is 72.6. The summed E-state index contributed by atoms with van der Waals surface area (Å²) in [6.07, 6.45) is -0.718. The van der Waals surface area contributed by atoms with E-state index in [2.05, 4.69) is 34.8 Å². The van der Waals surface area contributed by atoms with Crippen LogP contribution in [0.2, 0.25) is 25.7 Å². The Balaban J connectivity index is 1.74. The van der Waals surface area contributed by atoms with E-state index in [1.165, 1.54) is 4.90 Å². The molecule has 0 radical (unpaired) electrons. The average Bonchev–Trinajstić information content (AvgIpc) is 2.99. The van der Waals surface area contributed by atoms with E-state index in [0.29, 0.717) is 32.7 Å². The smallest absolute Gasteiger partial charge is 0.410 e. The monoisotopic (exact) mass is 707 g/mol. The molecular formula is C35H49F4N5O4Si. The predicted octanol–water partition coefficient (Wildman–Crippen LogP) is 7.82. The number of nitrogens with zero attached hydrogens (tertiary/aromatic N) is 4. The number of nitrogens with one attached hydrogen (secondary N) is 1. The molecule has 270 valence electrons. The molecule has 2 atom stereocenters. The largest absolute Gasteiger partial charge is 0.478 e. The molecule has 14 heteroatoms. The topological polar surface area (TPSA) is 87.2 Å². The summed E-state index contributed by atoms with van der Waals surface area (Å²) >= 11 is 0. The van der Waals surface area contributed by atoms with E-state index in [9.17, 15) is 18.4 Å². The first-order chi connectivity index (χ1) is 22.8. The van der Waals surface area contributed by atoms with Gasteiger partial charge in [-0.25, -0.2) is 27.3 Å². The summed E-state index contributed by atoms with van der Waals surface area (Å²) in [6, 6.07) is 2.98. The SMILES string of the molecule is C[C@@H]1CN(c2cc(F)c(C3=CCCN(C(=O)OC(C)(C)C)C3)c(F)c2NC(=O)c2cnc(OCC[Si](C)(C)C)cc2C(F)F)C[C@H](C)N1C. The number of likely N-dealkylation sites (N-methyl/N-ethyl adjacent to an activating group) is 1. The fourth-order valence-corrected chi connectivity index (χ4v) is 6.53. The van der Waals surface area contributed by atoms with Gasteiger partial charge in [0, 0.05) is 70.2 Å². The van der Waals surface area contributed by atoms with E-state index >= 15 is 8.78 Å². The Morgan fingerprint density at radius 3 is 2.35 bits per heavy atom. The van der Waals surface area contributed by atoms with Crippen LogP contribution in [0.4, 0.5) is 33.7 Å².